The van der Waals surface area contributed by atoms with Gasteiger partial charge in [-0.25, -0.2) is 13.4 Å². The Labute approximate surface area is 262 Å². The Balaban J connectivity index is 1.65. The molecule has 1 fully saturated rings. The monoisotopic (exact) mass is 628 g/mol. The highest BCUT2D eigenvalue weighted by Crippen LogP contribution is 2.30. The average molecular weight is 629 g/mol. The predicted molar refractivity (Wildman–Crippen MR) is 169 cm³/mol. The van der Waals surface area contributed by atoms with E-state index in [0.29, 0.717) is 24.8 Å². The molecular formula is C33H48N4O6S. The van der Waals surface area contributed by atoms with Crippen molar-refractivity contribution in [3.63, 3.8) is 0 Å². The van der Waals surface area contributed by atoms with Crippen molar-refractivity contribution in [1.29, 1.82) is 0 Å². The number of hydrazine groups is 1. The second-order valence-electron chi connectivity index (χ2n) is 12.6. The standard InChI is InChI=1S/C33H48N4O6S/c1-5-24(4)17-33(40)37(35-32(39)20-34-27-11-12-27)29(18-25-9-7-6-8-10-25)30(38)22-36(21-23(2)3)44(41,42)28-13-14-31-26(19-28)15-16-43-31/h6-10,13-14,19,23-24,27,29-30,34,38H,5,11-12,15-18,20-22H2,1-4H3,(H,35,39)/t24-,29-,30+/m0/s1. The van der Waals surface area contributed by atoms with Gasteiger partial charge in [-0.1, -0.05) is 64.4 Å². The van der Waals surface area contributed by atoms with Gasteiger partial charge in [0.15, 0.2) is 0 Å². The number of aliphatic hydroxyl groups excluding tert-OH is 1. The first-order valence-corrected chi connectivity index (χ1v) is 17.2. The van der Waals surface area contributed by atoms with Crippen molar-refractivity contribution in [3.8, 4) is 5.75 Å². The zero-order chi connectivity index (χ0) is 31.9. The fraction of sp³-hybridized carbons (Fsp3) is 0.576. The Morgan fingerprint density at radius 2 is 1.80 bits per heavy atom. The molecule has 3 atom stereocenters. The molecule has 0 unspecified atom stereocenters. The van der Waals surface area contributed by atoms with Crippen LogP contribution in [0, 0.1) is 11.8 Å². The Morgan fingerprint density at radius 3 is 2.45 bits per heavy atom. The van der Waals surface area contributed by atoms with Crippen LogP contribution >= 0.6 is 0 Å². The van der Waals surface area contributed by atoms with Gasteiger partial charge in [-0.2, -0.15) is 4.31 Å². The number of benzene rings is 2. The first-order chi connectivity index (χ1) is 21.0. The fourth-order valence-corrected chi connectivity index (χ4v) is 6.98. The minimum absolute atomic E-state index is 0.0290. The lowest BCUT2D eigenvalue weighted by Gasteiger charge is -2.37. The van der Waals surface area contributed by atoms with Crippen LogP contribution in [0.15, 0.2) is 53.4 Å². The highest BCUT2D eigenvalue weighted by molar-refractivity contribution is 7.89. The van der Waals surface area contributed by atoms with Crippen LogP contribution in [0.4, 0.5) is 0 Å². The molecule has 0 bridgehead atoms. The molecule has 0 spiro atoms. The lowest BCUT2D eigenvalue weighted by Crippen LogP contribution is -2.60. The van der Waals surface area contributed by atoms with Crippen LogP contribution in [0.3, 0.4) is 0 Å². The minimum atomic E-state index is -4.01. The maximum absolute atomic E-state index is 14.0. The number of hydrogen-bond acceptors (Lipinski definition) is 7. The van der Waals surface area contributed by atoms with E-state index in [2.05, 4.69) is 10.7 Å². The zero-order valence-corrected chi connectivity index (χ0v) is 27.2. The third-order valence-electron chi connectivity index (χ3n) is 8.18. The molecule has 0 radical (unpaired) electrons. The topological polar surface area (TPSA) is 128 Å². The van der Waals surface area contributed by atoms with Crippen molar-refractivity contribution < 1.29 is 27.9 Å². The quantitative estimate of drug-likeness (QED) is 0.244. The van der Waals surface area contributed by atoms with Gasteiger partial charge in [0.2, 0.25) is 15.9 Å². The second kappa shape index (κ2) is 15.3. The summed E-state index contributed by atoms with van der Waals surface area (Å²) in [6.45, 7) is 8.27. The largest absolute Gasteiger partial charge is 0.493 e. The summed E-state index contributed by atoms with van der Waals surface area (Å²) < 4.78 is 34.9. The Bertz CT molecular complexity index is 1370. The van der Waals surface area contributed by atoms with Gasteiger partial charge in [-0.05, 0) is 60.4 Å². The summed E-state index contributed by atoms with van der Waals surface area (Å²) in [6, 6.07) is 13.6. The van der Waals surface area contributed by atoms with E-state index in [0.717, 1.165) is 30.4 Å². The highest BCUT2D eigenvalue weighted by Gasteiger charge is 2.36. The molecule has 0 saturated heterocycles. The normalized spacial score (nSPS) is 16.7. The summed E-state index contributed by atoms with van der Waals surface area (Å²) in [5, 5.41) is 16.3. The first kappa shape index (κ1) is 33.9. The van der Waals surface area contributed by atoms with Gasteiger partial charge in [-0.15, -0.1) is 0 Å². The molecule has 1 aliphatic carbocycles. The number of carbonyl (C=O) groups is 2. The molecule has 4 rings (SSSR count). The van der Waals surface area contributed by atoms with Gasteiger partial charge in [-0.3, -0.25) is 15.0 Å². The molecule has 1 heterocycles. The molecule has 10 nitrogen and oxygen atoms in total. The van der Waals surface area contributed by atoms with Gasteiger partial charge in [0.1, 0.15) is 5.75 Å². The molecule has 3 N–H and O–H groups in total. The Hall–Kier alpha value is -2.99. The third kappa shape index (κ3) is 9.26. The lowest BCUT2D eigenvalue weighted by atomic mass is 9.98. The van der Waals surface area contributed by atoms with E-state index in [-0.39, 0.29) is 61.0 Å². The maximum atomic E-state index is 14.0. The fourth-order valence-electron chi connectivity index (χ4n) is 5.31. The van der Waals surface area contributed by atoms with E-state index in [4.69, 9.17) is 4.74 Å². The SMILES string of the molecule is CC[C@H](C)CC(=O)N(NC(=O)CNC1CC1)[C@@H](Cc1ccccc1)[C@H](O)CN(CC(C)C)S(=O)(=O)c1ccc2c(c1)CCO2. The number of nitrogens with zero attached hydrogens (tertiary/aromatic N) is 2. The van der Waals surface area contributed by atoms with Crippen LogP contribution in [0.25, 0.3) is 0 Å². The van der Waals surface area contributed by atoms with Gasteiger partial charge in [0.25, 0.3) is 5.91 Å². The molecular weight excluding hydrogens is 580 g/mol. The van der Waals surface area contributed by atoms with Crippen molar-refractivity contribution in [3.05, 3.63) is 59.7 Å². The van der Waals surface area contributed by atoms with Crippen molar-refractivity contribution >= 4 is 21.8 Å². The number of aliphatic hydroxyl groups is 1. The summed E-state index contributed by atoms with van der Waals surface area (Å²) in [4.78, 5) is 27.0. The van der Waals surface area contributed by atoms with Gasteiger partial charge >= 0.3 is 0 Å². The molecule has 1 aliphatic heterocycles. The molecule has 44 heavy (non-hydrogen) atoms. The smallest absolute Gasteiger partial charge is 0.252 e. The van der Waals surface area contributed by atoms with E-state index in [1.165, 1.54) is 15.4 Å². The van der Waals surface area contributed by atoms with E-state index in [9.17, 15) is 23.1 Å². The second-order valence-corrected chi connectivity index (χ2v) is 14.5. The van der Waals surface area contributed by atoms with E-state index < -0.39 is 22.2 Å². The van der Waals surface area contributed by atoms with Crippen molar-refractivity contribution in [2.24, 2.45) is 11.8 Å². The molecule has 2 aliphatic rings. The molecule has 242 valence electrons. The van der Waals surface area contributed by atoms with Crippen LogP contribution < -0.4 is 15.5 Å². The van der Waals surface area contributed by atoms with Crippen molar-refractivity contribution in [2.45, 2.75) is 89.3 Å². The van der Waals surface area contributed by atoms with E-state index in [1.54, 1.807) is 12.1 Å². The summed E-state index contributed by atoms with van der Waals surface area (Å²) in [6.07, 6.45) is 2.51. The van der Waals surface area contributed by atoms with Gasteiger partial charge < -0.3 is 15.2 Å². The van der Waals surface area contributed by atoms with Gasteiger partial charge in [0.05, 0.1) is 30.2 Å². The van der Waals surface area contributed by atoms with Crippen molar-refractivity contribution in [2.75, 3.05) is 26.2 Å². The van der Waals surface area contributed by atoms with Crippen LogP contribution in [0.5, 0.6) is 5.75 Å². The number of carbonyl (C=O) groups excluding carboxylic acids is 2. The van der Waals surface area contributed by atoms with Crippen LogP contribution in [0.2, 0.25) is 0 Å². The number of hydrogen-bond donors (Lipinski definition) is 3. The predicted octanol–water partition coefficient (Wildman–Crippen LogP) is 3.29. The highest BCUT2D eigenvalue weighted by atomic mass is 32.2. The molecule has 1 saturated carbocycles. The number of sulfonamides is 1. The van der Waals surface area contributed by atoms with E-state index in [1.807, 2.05) is 58.0 Å². The lowest BCUT2D eigenvalue weighted by molar-refractivity contribution is -0.148. The number of amides is 2. The molecule has 0 aromatic heterocycles. The summed E-state index contributed by atoms with van der Waals surface area (Å²) in [7, 11) is -4.01. The number of ether oxygens (including phenoxy) is 1. The minimum Gasteiger partial charge on any atom is -0.493 e. The third-order valence-corrected chi connectivity index (χ3v) is 10.0. The maximum Gasteiger partial charge on any atom is 0.252 e. The van der Waals surface area contributed by atoms with Crippen LogP contribution in [-0.2, 0) is 32.5 Å². The molecule has 11 heteroatoms. The van der Waals surface area contributed by atoms with Gasteiger partial charge in [0, 0.05) is 32.0 Å². The zero-order valence-electron chi connectivity index (χ0n) is 26.4. The Kier molecular flexibility index (Phi) is 11.8. The summed E-state index contributed by atoms with van der Waals surface area (Å²) >= 11 is 0. The van der Waals surface area contributed by atoms with Crippen LogP contribution in [-0.4, -0.2) is 79.1 Å². The number of rotatable bonds is 16. The summed E-state index contributed by atoms with van der Waals surface area (Å²) in [5.74, 6) is 0.00800. The molecule has 2 aromatic rings. The molecule has 2 aromatic carbocycles. The first-order valence-electron chi connectivity index (χ1n) is 15.8. The average Bonchev–Trinajstić information content (AvgIpc) is 3.71. The van der Waals surface area contributed by atoms with Crippen LogP contribution in [0.1, 0.15) is 64.5 Å². The molecule has 2 amide bonds. The Morgan fingerprint density at radius 1 is 1.07 bits per heavy atom. The van der Waals surface area contributed by atoms with Crippen molar-refractivity contribution in [1.82, 2.24) is 20.1 Å². The van der Waals surface area contributed by atoms with E-state index >= 15 is 0 Å². The number of nitrogens with one attached hydrogen (secondary N) is 2. The number of fused-ring (bicyclic) bond motifs is 1. The summed E-state index contributed by atoms with van der Waals surface area (Å²) in [5.41, 5.74) is 4.47.